The van der Waals surface area contributed by atoms with Crippen LogP contribution in [0.4, 0.5) is 5.69 Å². The lowest BCUT2D eigenvalue weighted by Crippen LogP contribution is -2.23. The molecule has 3 N–H and O–H groups in total. The summed E-state index contributed by atoms with van der Waals surface area (Å²) in [6.07, 6.45) is 6.92. The number of benzene rings is 1. The Morgan fingerprint density at radius 3 is 2.52 bits per heavy atom. The van der Waals surface area contributed by atoms with Gasteiger partial charge in [0.05, 0.1) is 16.7 Å². The predicted octanol–water partition coefficient (Wildman–Crippen LogP) is 2.67. The average molecular weight is 312 g/mol. The van der Waals surface area contributed by atoms with Gasteiger partial charge in [0.2, 0.25) is 10.0 Å². The van der Waals surface area contributed by atoms with Crippen molar-refractivity contribution in [3.8, 4) is 5.75 Å². The highest BCUT2D eigenvalue weighted by Crippen LogP contribution is 2.29. The van der Waals surface area contributed by atoms with Gasteiger partial charge in [0.15, 0.2) is 0 Å². The SMILES string of the molecule is CCNS(=O)(=O)c1ccc(N)c(OC2CCCCCC2)c1. The van der Waals surface area contributed by atoms with Gasteiger partial charge in [-0.05, 0) is 37.8 Å². The maximum atomic E-state index is 12.0. The first-order valence-corrected chi connectivity index (χ1v) is 9.07. The number of rotatable bonds is 5. The van der Waals surface area contributed by atoms with E-state index in [1.807, 2.05) is 0 Å². The summed E-state index contributed by atoms with van der Waals surface area (Å²) in [6.45, 7) is 2.10. The van der Waals surface area contributed by atoms with Crippen LogP contribution in [0.3, 0.4) is 0 Å². The molecule has 1 aliphatic carbocycles. The van der Waals surface area contributed by atoms with E-state index >= 15 is 0 Å². The van der Waals surface area contributed by atoms with E-state index in [-0.39, 0.29) is 11.0 Å². The third-order valence-electron chi connectivity index (χ3n) is 3.73. The lowest BCUT2D eigenvalue weighted by atomic mass is 10.1. The molecular formula is C15H24N2O3S. The molecule has 1 saturated carbocycles. The highest BCUT2D eigenvalue weighted by Gasteiger charge is 2.18. The molecule has 0 bridgehead atoms. The summed E-state index contributed by atoms with van der Waals surface area (Å²) < 4.78 is 32.5. The molecular weight excluding hydrogens is 288 g/mol. The molecule has 0 aliphatic heterocycles. The summed E-state index contributed by atoms with van der Waals surface area (Å²) in [5.41, 5.74) is 6.40. The predicted molar refractivity (Wildman–Crippen MR) is 83.8 cm³/mol. The van der Waals surface area contributed by atoms with Crippen LogP contribution >= 0.6 is 0 Å². The van der Waals surface area contributed by atoms with Gasteiger partial charge in [0, 0.05) is 12.6 Å². The molecule has 6 heteroatoms. The number of nitrogen functional groups attached to an aromatic ring is 1. The molecule has 0 amide bonds. The lowest BCUT2D eigenvalue weighted by Gasteiger charge is -2.19. The molecule has 21 heavy (non-hydrogen) atoms. The molecule has 0 heterocycles. The molecule has 0 saturated heterocycles. The summed E-state index contributed by atoms with van der Waals surface area (Å²) in [7, 11) is -3.48. The minimum absolute atomic E-state index is 0.131. The second-order valence-corrected chi connectivity index (χ2v) is 7.20. The molecule has 0 spiro atoms. The zero-order chi connectivity index (χ0) is 15.3. The van der Waals surface area contributed by atoms with E-state index in [4.69, 9.17) is 10.5 Å². The van der Waals surface area contributed by atoms with E-state index in [9.17, 15) is 8.42 Å². The fraction of sp³-hybridized carbons (Fsp3) is 0.600. The van der Waals surface area contributed by atoms with Crippen LogP contribution in [0.25, 0.3) is 0 Å². The molecule has 1 aromatic carbocycles. The molecule has 1 aliphatic rings. The maximum Gasteiger partial charge on any atom is 0.240 e. The van der Waals surface area contributed by atoms with E-state index < -0.39 is 10.0 Å². The van der Waals surface area contributed by atoms with Crippen molar-refractivity contribution in [1.82, 2.24) is 4.72 Å². The van der Waals surface area contributed by atoms with Gasteiger partial charge in [-0.3, -0.25) is 0 Å². The normalized spacial score (nSPS) is 17.4. The van der Waals surface area contributed by atoms with Crippen molar-refractivity contribution in [3.05, 3.63) is 18.2 Å². The Morgan fingerprint density at radius 2 is 1.90 bits per heavy atom. The minimum atomic E-state index is -3.48. The summed E-state index contributed by atoms with van der Waals surface area (Å²) in [6, 6.07) is 4.63. The molecule has 0 unspecified atom stereocenters. The third-order valence-corrected chi connectivity index (χ3v) is 5.27. The van der Waals surface area contributed by atoms with Crippen LogP contribution in [0.5, 0.6) is 5.75 Å². The molecule has 1 fully saturated rings. The fourth-order valence-corrected chi connectivity index (χ4v) is 3.65. The van der Waals surface area contributed by atoms with Crippen LogP contribution in [-0.2, 0) is 10.0 Å². The Kier molecular flexibility index (Phi) is 5.47. The number of sulfonamides is 1. The van der Waals surface area contributed by atoms with Gasteiger partial charge in [-0.2, -0.15) is 0 Å². The van der Waals surface area contributed by atoms with Crippen LogP contribution in [0.2, 0.25) is 0 Å². The van der Waals surface area contributed by atoms with Crippen molar-refractivity contribution in [2.45, 2.75) is 56.4 Å². The van der Waals surface area contributed by atoms with E-state index in [2.05, 4.69) is 4.72 Å². The van der Waals surface area contributed by atoms with Crippen molar-refractivity contribution in [1.29, 1.82) is 0 Å². The standard InChI is InChI=1S/C15H24N2O3S/c1-2-17-21(18,19)13-9-10-14(16)15(11-13)20-12-7-5-3-4-6-8-12/h9-12,17H,2-8,16H2,1H3. The second-order valence-electron chi connectivity index (χ2n) is 5.43. The van der Waals surface area contributed by atoms with Crippen LogP contribution in [0.1, 0.15) is 45.4 Å². The first-order valence-electron chi connectivity index (χ1n) is 7.59. The molecule has 118 valence electrons. The maximum absolute atomic E-state index is 12.0. The van der Waals surface area contributed by atoms with Crippen molar-refractivity contribution < 1.29 is 13.2 Å². The zero-order valence-corrected chi connectivity index (χ0v) is 13.3. The number of hydrogen-bond donors (Lipinski definition) is 2. The molecule has 1 aromatic rings. The fourth-order valence-electron chi connectivity index (χ4n) is 2.60. The first kappa shape index (κ1) is 16.1. The summed E-state index contributed by atoms with van der Waals surface area (Å²) >= 11 is 0. The van der Waals surface area contributed by atoms with Crippen LogP contribution < -0.4 is 15.2 Å². The molecule has 0 atom stereocenters. The Balaban J connectivity index is 2.19. The van der Waals surface area contributed by atoms with Gasteiger partial charge in [0.25, 0.3) is 0 Å². The molecule has 0 radical (unpaired) electrons. The number of ether oxygens (including phenoxy) is 1. The monoisotopic (exact) mass is 312 g/mol. The Morgan fingerprint density at radius 1 is 1.24 bits per heavy atom. The topological polar surface area (TPSA) is 81.4 Å². The first-order chi connectivity index (χ1) is 10.0. The van der Waals surface area contributed by atoms with E-state index in [1.54, 1.807) is 13.0 Å². The average Bonchev–Trinajstić information content (AvgIpc) is 2.69. The van der Waals surface area contributed by atoms with E-state index in [1.165, 1.54) is 25.0 Å². The number of nitrogens with one attached hydrogen (secondary N) is 1. The zero-order valence-electron chi connectivity index (χ0n) is 12.5. The Bertz CT molecular complexity index is 564. The van der Waals surface area contributed by atoms with E-state index in [0.717, 1.165) is 25.7 Å². The van der Waals surface area contributed by atoms with Gasteiger partial charge in [0.1, 0.15) is 5.75 Å². The second kappa shape index (κ2) is 7.13. The molecule has 0 aromatic heterocycles. The van der Waals surface area contributed by atoms with Crippen LogP contribution in [-0.4, -0.2) is 21.1 Å². The van der Waals surface area contributed by atoms with Crippen molar-refractivity contribution in [2.24, 2.45) is 0 Å². The van der Waals surface area contributed by atoms with Crippen molar-refractivity contribution in [3.63, 3.8) is 0 Å². The number of anilines is 1. The summed E-state index contributed by atoms with van der Waals surface area (Å²) in [4.78, 5) is 0.196. The Hall–Kier alpha value is -1.27. The van der Waals surface area contributed by atoms with Crippen molar-refractivity contribution in [2.75, 3.05) is 12.3 Å². The highest BCUT2D eigenvalue weighted by atomic mass is 32.2. The highest BCUT2D eigenvalue weighted by molar-refractivity contribution is 7.89. The van der Waals surface area contributed by atoms with Crippen LogP contribution in [0, 0.1) is 0 Å². The quantitative estimate of drug-likeness (QED) is 0.647. The largest absolute Gasteiger partial charge is 0.488 e. The van der Waals surface area contributed by atoms with Gasteiger partial charge in [-0.15, -0.1) is 0 Å². The van der Waals surface area contributed by atoms with Crippen LogP contribution in [0.15, 0.2) is 23.1 Å². The lowest BCUT2D eigenvalue weighted by molar-refractivity contribution is 0.184. The van der Waals surface area contributed by atoms with Gasteiger partial charge < -0.3 is 10.5 Å². The van der Waals surface area contributed by atoms with Gasteiger partial charge in [-0.25, -0.2) is 13.1 Å². The number of hydrogen-bond acceptors (Lipinski definition) is 4. The van der Waals surface area contributed by atoms with Crippen molar-refractivity contribution >= 4 is 15.7 Å². The minimum Gasteiger partial charge on any atom is -0.488 e. The molecule has 2 rings (SSSR count). The van der Waals surface area contributed by atoms with Gasteiger partial charge >= 0.3 is 0 Å². The third kappa shape index (κ3) is 4.35. The molecule has 5 nitrogen and oxygen atoms in total. The summed E-state index contributed by atoms with van der Waals surface area (Å²) in [5.74, 6) is 0.473. The smallest absolute Gasteiger partial charge is 0.240 e. The van der Waals surface area contributed by atoms with E-state index in [0.29, 0.717) is 18.0 Å². The Labute approximate surface area is 126 Å². The number of nitrogens with two attached hydrogens (primary N) is 1. The summed E-state index contributed by atoms with van der Waals surface area (Å²) in [5, 5.41) is 0. The van der Waals surface area contributed by atoms with Gasteiger partial charge in [-0.1, -0.05) is 19.8 Å².